The van der Waals surface area contributed by atoms with E-state index in [1.54, 1.807) is 12.1 Å². The highest BCUT2D eigenvalue weighted by atomic mass is 32.1. The van der Waals surface area contributed by atoms with E-state index in [-0.39, 0.29) is 16.5 Å². The first-order valence-electron chi connectivity index (χ1n) is 10.9. The molecule has 0 aliphatic rings. The molecule has 0 unspecified atom stereocenters. The first-order valence-corrected chi connectivity index (χ1v) is 11.7. The molecule has 1 heterocycles. The Morgan fingerprint density at radius 2 is 1.81 bits per heavy atom. The second kappa shape index (κ2) is 12.3. The molecule has 1 aromatic heterocycles. The summed E-state index contributed by atoms with van der Waals surface area (Å²) in [6.07, 6.45) is 5.99. The van der Waals surface area contributed by atoms with Crippen LogP contribution in [0.4, 0.5) is 0 Å². The largest absolute Gasteiger partial charge is 0.506 e. The number of ether oxygens (including phenoxy) is 1. The molecule has 0 bridgehead atoms. The van der Waals surface area contributed by atoms with Crippen LogP contribution < -0.4 is 10.2 Å². The van der Waals surface area contributed by atoms with Gasteiger partial charge in [0.2, 0.25) is 5.91 Å². The molecule has 0 aliphatic heterocycles. The van der Waals surface area contributed by atoms with Crippen LogP contribution >= 0.6 is 11.3 Å². The zero-order valence-corrected chi connectivity index (χ0v) is 18.5. The number of carbonyl (C=O) groups is 1. The molecule has 2 aromatic carbocycles. The lowest BCUT2D eigenvalue weighted by molar-refractivity contribution is -0.121. The molecule has 0 saturated carbocycles. The first kappa shape index (κ1) is 23.0. The number of fused-ring (bicyclic) bond motifs is 1. The average molecular weight is 443 g/mol. The lowest BCUT2D eigenvalue weighted by atomic mass is 10.1. The van der Waals surface area contributed by atoms with E-state index in [2.05, 4.69) is 34.6 Å². The molecule has 31 heavy (non-hydrogen) atoms. The molecule has 166 valence electrons. The maximum atomic E-state index is 12.0. The molecule has 3 N–H and O–H groups in total. The van der Waals surface area contributed by atoms with Crippen molar-refractivity contribution in [2.45, 2.75) is 44.9 Å². The van der Waals surface area contributed by atoms with Crippen LogP contribution in [0.15, 0.2) is 47.3 Å². The minimum atomic E-state index is -0.193. The number of aromatic amines is 1. The third-order valence-electron chi connectivity index (χ3n) is 5.15. The quantitative estimate of drug-likeness (QED) is 0.347. The molecule has 0 spiro atoms. The Balaban J connectivity index is 1.21. The molecule has 0 saturated heterocycles. The zero-order valence-electron chi connectivity index (χ0n) is 17.7. The summed E-state index contributed by atoms with van der Waals surface area (Å²) in [5, 5.41) is 12.8. The molecule has 1 amide bonds. The lowest BCUT2D eigenvalue weighted by Gasteiger charge is -2.07. The van der Waals surface area contributed by atoms with Crippen molar-refractivity contribution in [2.75, 3.05) is 19.8 Å². The van der Waals surface area contributed by atoms with E-state index in [1.165, 1.54) is 5.56 Å². The van der Waals surface area contributed by atoms with E-state index < -0.39 is 0 Å². The predicted molar refractivity (Wildman–Crippen MR) is 125 cm³/mol. The molecular weight excluding hydrogens is 412 g/mol. The van der Waals surface area contributed by atoms with Crippen LogP contribution in [0.25, 0.3) is 10.2 Å². The Bertz CT molecular complexity index is 1010. The van der Waals surface area contributed by atoms with Gasteiger partial charge in [-0.15, -0.1) is 0 Å². The van der Waals surface area contributed by atoms with E-state index in [4.69, 9.17) is 4.74 Å². The third-order valence-corrected chi connectivity index (χ3v) is 6.10. The zero-order chi connectivity index (χ0) is 21.9. The van der Waals surface area contributed by atoms with Crippen LogP contribution in [0.3, 0.4) is 0 Å². The van der Waals surface area contributed by atoms with E-state index in [9.17, 15) is 14.7 Å². The summed E-state index contributed by atoms with van der Waals surface area (Å²) in [7, 11) is 0. The number of carbonyl (C=O) groups excluding carboxylic acids is 1. The number of unbranched alkanes of at least 4 members (excludes halogenated alkanes) is 2. The number of rotatable bonds is 13. The number of phenols is 1. The molecule has 3 rings (SSSR count). The summed E-state index contributed by atoms with van der Waals surface area (Å²) in [4.78, 5) is 26.0. The monoisotopic (exact) mass is 442 g/mol. The van der Waals surface area contributed by atoms with Crippen molar-refractivity contribution < 1.29 is 14.6 Å². The summed E-state index contributed by atoms with van der Waals surface area (Å²) in [6, 6.07) is 13.8. The number of H-pyrrole nitrogens is 1. The average Bonchev–Trinajstić information content (AvgIpc) is 3.17. The number of hydrogen-bond donors (Lipinski definition) is 3. The maximum Gasteiger partial charge on any atom is 0.305 e. The van der Waals surface area contributed by atoms with Crippen molar-refractivity contribution in [3.05, 3.63) is 63.3 Å². The van der Waals surface area contributed by atoms with E-state index in [1.807, 2.05) is 6.07 Å². The van der Waals surface area contributed by atoms with Crippen LogP contribution in [0.5, 0.6) is 5.75 Å². The number of benzene rings is 2. The van der Waals surface area contributed by atoms with E-state index in [0.29, 0.717) is 24.9 Å². The molecule has 7 heteroatoms. The number of hydrogen-bond acceptors (Lipinski definition) is 5. The van der Waals surface area contributed by atoms with Crippen molar-refractivity contribution >= 4 is 27.5 Å². The van der Waals surface area contributed by atoms with Crippen molar-refractivity contribution in [1.29, 1.82) is 0 Å². The van der Waals surface area contributed by atoms with Gasteiger partial charge in [-0.1, -0.05) is 54.2 Å². The van der Waals surface area contributed by atoms with Crippen molar-refractivity contribution in [3.63, 3.8) is 0 Å². The molecule has 6 nitrogen and oxygen atoms in total. The van der Waals surface area contributed by atoms with Crippen LogP contribution in [0.1, 0.15) is 43.2 Å². The number of amides is 1. The minimum Gasteiger partial charge on any atom is -0.506 e. The van der Waals surface area contributed by atoms with Gasteiger partial charge < -0.3 is 20.1 Å². The number of phenolic OH excluding ortho intramolecular Hbond substituents is 1. The number of aromatic nitrogens is 1. The fraction of sp³-hybridized carbons (Fsp3) is 0.417. The Morgan fingerprint density at radius 1 is 1.00 bits per heavy atom. The van der Waals surface area contributed by atoms with Crippen LogP contribution in [0.2, 0.25) is 0 Å². The van der Waals surface area contributed by atoms with Crippen molar-refractivity contribution in [2.24, 2.45) is 0 Å². The van der Waals surface area contributed by atoms with Gasteiger partial charge in [-0.25, -0.2) is 0 Å². The van der Waals surface area contributed by atoms with Gasteiger partial charge in [-0.2, -0.15) is 0 Å². The molecule has 0 atom stereocenters. The van der Waals surface area contributed by atoms with Crippen LogP contribution in [-0.2, 0) is 22.4 Å². The number of aryl methyl sites for hydroxylation is 1. The lowest BCUT2D eigenvalue weighted by Crippen LogP contribution is -2.25. The molecule has 3 aromatic rings. The van der Waals surface area contributed by atoms with Gasteiger partial charge >= 0.3 is 4.87 Å². The second-order valence-electron chi connectivity index (χ2n) is 7.57. The Morgan fingerprint density at radius 3 is 2.65 bits per heavy atom. The molecular formula is C24H30N2O4S. The van der Waals surface area contributed by atoms with Gasteiger partial charge in [0.1, 0.15) is 11.3 Å². The van der Waals surface area contributed by atoms with Gasteiger partial charge in [0.05, 0.1) is 4.70 Å². The van der Waals surface area contributed by atoms with Gasteiger partial charge in [0.15, 0.2) is 0 Å². The number of thiazole rings is 1. The third kappa shape index (κ3) is 7.52. The second-order valence-corrected chi connectivity index (χ2v) is 8.56. The van der Waals surface area contributed by atoms with Crippen molar-refractivity contribution in [1.82, 2.24) is 10.3 Å². The van der Waals surface area contributed by atoms with Gasteiger partial charge in [0.25, 0.3) is 0 Å². The minimum absolute atomic E-state index is 0.0426. The van der Waals surface area contributed by atoms with E-state index in [0.717, 1.165) is 66.9 Å². The van der Waals surface area contributed by atoms with E-state index >= 15 is 0 Å². The summed E-state index contributed by atoms with van der Waals surface area (Å²) in [5.74, 6) is 0.113. The molecule has 0 fully saturated rings. The summed E-state index contributed by atoms with van der Waals surface area (Å²) < 4.78 is 6.43. The maximum absolute atomic E-state index is 12.0. The first-order chi connectivity index (χ1) is 15.1. The summed E-state index contributed by atoms with van der Waals surface area (Å²) in [6.45, 7) is 2.03. The molecule has 0 radical (unpaired) electrons. The highest BCUT2D eigenvalue weighted by Gasteiger charge is 2.10. The normalized spacial score (nSPS) is 11.1. The summed E-state index contributed by atoms with van der Waals surface area (Å²) >= 11 is 1.08. The Kier molecular flexibility index (Phi) is 9.12. The fourth-order valence-electron chi connectivity index (χ4n) is 3.49. The number of aromatic hydroxyl groups is 1. The molecule has 0 aliphatic carbocycles. The predicted octanol–water partition coefficient (Wildman–Crippen LogP) is 4.16. The highest BCUT2D eigenvalue weighted by Crippen LogP contribution is 2.27. The summed E-state index contributed by atoms with van der Waals surface area (Å²) in [5.41, 5.74) is 2.76. The van der Waals surface area contributed by atoms with Gasteiger partial charge in [-0.3, -0.25) is 9.59 Å². The van der Waals surface area contributed by atoms with Crippen molar-refractivity contribution in [3.8, 4) is 5.75 Å². The SMILES string of the molecule is O=C(CCCCCOCCCc1ccccc1)NCCc1ccc(O)c2[nH]c(=O)sc12. The Hall–Kier alpha value is -2.64. The highest BCUT2D eigenvalue weighted by molar-refractivity contribution is 7.16. The fourth-order valence-corrected chi connectivity index (χ4v) is 4.38. The topological polar surface area (TPSA) is 91.4 Å². The van der Waals surface area contributed by atoms with Gasteiger partial charge in [0, 0.05) is 26.2 Å². The van der Waals surface area contributed by atoms with Crippen LogP contribution in [0, 0.1) is 0 Å². The smallest absolute Gasteiger partial charge is 0.305 e. The van der Waals surface area contributed by atoms with Gasteiger partial charge in [-0.05, 0) is 49.3 Å². The Labute approximate surface area is 186 Å². The standard InChI is InChI=1S/C24H30N2O4S/c27-20-13-12-19(23-22(20)26-24(29)31-23)14-15-25-21(28)11-5-2-6-16-30-17-7-10-18-8-3-1-4-9-18/h1,3-4,8-9,12-13,27H,2,5-7,10-11,14-17H2,(H,25,28)(H,26,29). The number of nitrogens with one attached hydrogen (secondary N) is 2. The van der Waals surface area contributed by atoms with Crippen LogP contribution in [-0.4, -0.2) is 35.8 Å².